The summed E-state index contributed by atoms with van der Waals surface area (Å²) < 4.78 is 6.84. The highest BCUT2D eigenvalue weighted by molar-refractivity contribution is 7.18. The summed E-state index contributed by atoms with van der Waals surface area (Å²) in [5.74, 6) is 1.11. The van der Waals surface area contributed by atoms with E-state index in [-0.39, 0.29) is 18.0 Å². The Hall–Kier alpha value is -2.45. The molecule has 0 fully saturated rings. The van der Waals surface area contributed by atoms with Crippen LogP contribution in [0.3, 0.4) is 0 Å². The molecule has 3 aromatic rings. The third kappa shape index (κ3) is 4.20. The van der Waals surface area contributed by atoms with Crippen LogP contribution in [0.5, 0.6) is 0 Å². The van der Waals surface area contributed by atoms with E-state index >= 15 is 0 Å². The Kier molecular flexibility index (Phi) is 6.34. The van der Waals surface area contributed by atoms with Crippen molar-refractivity contribution in [2.45, 2.75) is 59.2 Å². The van der Waals surface area contributed by atoms with Gasteiger partial charge in [-0.15, -0.1) is 11.3 Å². The number of rotatable bonds is 8. The number of aryl methyl sites for hydroxylation is 2. The summed E-state index contributed by atoms with van der Waals surface area (Å²) in [5, 5.41) is 3.56. The van der Waals surface area contributed by atoms with Gasteiger partial charge in [0, 0.05) is 4.88 Å². The number of carbonyl (C=O) groups is 1. The van der Waals surface area contributed by atoms with E-state index in [9.17, 15) is 9.59 Å². The number of hydrogen-bond acceptors (Lipinski definition) is 6. The standard InChI is InChI=1S/C22H28N4O3S/c1-3-25(4-2)13-18-24-21-20(16-9-5-6-10-17(16)30-21)22(28)26(18)14-19(27)23-12-15-8-7-11-29-15/h7-8,11H,3-6,9-10,12-14H2,1-2H3,(H,23,27). The molecule has 0 aliphatic heterocycles. The van der Waals surface area contributed by atoms with E-state index in [1.165, 1.54) is 4.88 Å². The molecule has 3 heterocycles. The Morgan fingerprint density at radius 3 is 2.83 bits per heavy atom. The van der Waals surface area contributed by atoms with Crippen LogP contribution < -0.4 is 10.9 Å². The van der Waals surface area contributed by atoms with Crippen molar-refractivity contribution in [3.05, 3.63) is 50.8 Å². The third-order valence-corrected chi connectivity index (χ3v) is 6.94. The van der Waals surface area contributed by atoms with Gasteiger partial charge in [-0.2, -0.15) is 0 Å². The van der Waals surface area contributed by atoms with Crippen LogP contribution >= 0.6 is 11.3 Å². The van der Waals surface area contributed by atoms with Gasteiger partial charge < -0.3 is 9.73 Å². The Morgan fingerprint density at radius 2 is 2.10 bits per heavy atom. The van der Waals surface area contributed by atoms with Crippen LogP contribution in [-0.4, -0.2) is 33.4 Å². The normalized spacial score (nSPS) is 13.7. The topological polar surface area (TPSA) is 80.4 Å². The molecule has 0 saturated carbocycles. The van der Waals surface area contributed by atoms with Crippen molar-refractivity contribution in [1.29, 1.82) is 0 Å². The lowest BCUT2D eigenvalue weighted by molar-refractivity contribution is -0.122. The fraction of sp³-hybridized carbons (Fsp3) is 0.500. The Morgan fingerprint density at radius 1 is 1.30 bits per heavy atom. The molecule has 0 saturated heterocycles. The number of nitrogens with zero attached hydrogens (tertiary/aromatic N) is 3. The summed E-state index contributed by atoms with van der Waals surface area (Å²) in [5.41, 5.74) is 1.06. The lowest BCUT2D eigenvalue weighted by Crippen LogP contribution is -2.36. The highest BCUT2D eigenvalue weighted by Crippen LogP contribution is 2.33. The molecule has 0 atom stereocenters. The number of fused-ring (bicyclic) bond motifs is 3. The first-order chi connectivity index (χ1) is 14.6. The van der Waals surface area contributed by atoms with Gasteiger partial charge in [0.1, 0.15) is 23.0 Å². The van der Waals surface area contributed by atoms with Gasteiger partial charge in [-0.05, 0) is 56.5 Å². The van der Waals surface area contributed by atoms with Crippen molar-refractivity contribution in [1.82, 2.24) is 19.8 Å². The number of nitrogens with one attached hydrogen (secondary N) is 1. The van der Waals surface area contributed by atoms with Crippen LogP contribution in [0.25, 0.3) is 10.2 Å². The second-order valence-corrected chi connectivity index (χ2v) is 8.71. The van der Waals surface area contributed by atoms with Gasteiger partial charge in [-0.25, -0.2) is 4.98 Å². The van der Waals surface area contributed by atoms with Crippen LogP contribution in [0, 0.1) is 0 Å². The first-order valence-corrected chi connectivity index (χ1v) is 11.5. The largest absolute Gasteiger partial charge is 0.467 e. The number of thiophene rings is 1. The monoisotopic (exact) mass is 428 g/mol. The highest BCUT2D eigenvalue weighted by Gasteiger charge is 2.23. The molecule has 0 unspecified atom stereocenters. The number of carbonyl (C=O) groups excluding carboxylic acids is 1. The maximum Gasteiger partial charge on any atom is 0.263 e. The van der Waals surface area contributed by atoms with E-state index in [0.717, 1.165) is 54.6 Å². The fourth-order valence-electron chi connectivity index (χ4n) is 4.01. The molecule has 0 bridgehead atoms. The predicted molar refractivity (Wildman–Crippen MR) is 118 cm³/mol. The summed E-state index contributed by atoms with van der Waals surface area (Å²) >= 11 is 1.65. The molecule has 3 aromatic heterocycles. The van der Waals surface area contributed by atoms with Crippen LogP contribution in [0.2, 0.25) is 0 Å². The average Bonchev–Trinajstić information content (AvgIpc) is 3.40. The van der Waals surface area contributed by atoms with Crippen LogP contribution in [0.4, 0.5) is 0 Å². The Bertz CT molecular complexity index is 1080. The molecule has 4 rings (SSSR count). The molecular weight excluding hydrogens is 400 g/mol. The smallest absolute Gasteiger partial charge is 0.263 e. The fourth-order valence-corrected chi connectivity index (χ4v) is 5.28. The lowest BCUT2D eigenvalue weighted by Gasteiger charge is -2.20. The van der Waals surface area contributed by atoms with E-state index in [0.29, 0.717) is 24.7 Å². The minimum atomic E-state index is -0.223. The molecular formula is C22H28N4O3S. The van der Waals surface area contributed by atoms with E-state index < -0.39 is 0 Å². The minimum Gasteiger partial charge on any atom is -0.467 e. The second-order valence-electron chi connectivity index (χ2n) is 7.63. The first kappa shape index (κ1) is 20.8. The van der Waals surface area contributed by atoms with Crippen molar-refractivity contribution >= 4 is 27.5 Å². The molecule has 0 aromatic carbocycles. The van der Waals surface area contributed by atoms with E-state index in [1.54, 1.807) is 28.2 Å². The molecule has 160 valence electrons. The predicted octanol–water partition coefficient (Wildman–Crippen LogP) is 3.09. The lowest BCUT2D eigenvalue weighted by atomic mass is 9.97. The van der Waals surface area contributed by atoms with Gasteiger partial charge in [0.2, 0.25) is 5.91 Å². The molecule has 1 aliphatic rings. The molecule has 1 N–H and O–H groups in total. The Labute approximate surface area is 179 Å². The number of furan rings is 1. The molecule has 0 spiro atoms. The molecule has 7 nitrogen and oxygen atoms in total. The third-order valence-electron chi connectivity index (χ3n) is 5.75. The summed E-state index contributed by atoms with van der Waals surface area (Å²) in [6.45, 7) is 6.70. The molecule has 30 heavy (non-hydrogen) atoms. The van der Waals surface area contributed by atoms with E-state index in [1.807, 2.05) is 6.07 Å². The van der Waals surface area contributed by atoms with Crippen molar-refractivity contribution in [3.8, 4) is 0 Å². The highest BCUT2D eigenvalue weighted by atomic mass is 32.1. The Balaban J connectivity index is 1.69. The van der Waals surface area contributed by atoms with Gasteiger partial charge in [-0.3, -0.25) is 19.1 Å². The number of amides is 1. The summed E-state index contributed by atoms with van der Waals surface area (Å²) in [6.07, 6.45) is 5.78. The van der Waals surface area contributed by atoms with Gasteiger partial charge in [-0.1, -0.05) is 13.8 Å². The zero-order valence-corrected chi connectivity index (χ0v) is 18.4. The van der Waals surface area contributed by atoms with E-state index in [4.69, 9.17) is 9.40 Å². The minimum absolute atomic E-state index is 0.0380. The van der Waals surface area contributed by atoms with Gasteiger partial charge in [0.25, 0.3) is 5.56 Å². The zero-order valence-electron chi connectivity index (χ0n) is 17.6. The van der Waals surface area contributed by atoms with Crippen LogP contribution in [0.15, 0.2) is 27.6 Å². The number of aromatic nitrogens is 2. The first-order valence-electron chi connectivity index (χ1n) is 10.7. The van der Waals surface area contributed by atoms with Gasteiger partial charge in [0.05, 0.1) is 24.7 Å². The van der Waals surface area contributed by atoms with Crippen LogP contribution in [0.1, 0.15) is 48.7 Å². The SMILES string of the molecule is CCN(CC)Cc1nc2sc3c(c2c(=O)n1CC(=O)NCc1ccco1)CCCC3. The van der Waals surface area contributed by atoms with E-state index in [2.05, 4.69) is 24.1 Å². The number of hydrogen-bond donors (Lipinski definition) is 1. The van der Waals surface area contributed by atoms with Crippen molar-refractivity contribution < 1.29 is 9.21 Å². The quantitative estimate of drug-likeness (QED) is 0.596. The molecule has 8 heteroatoms. The average molecular weight is 429 g/mol. The van der Waals surface area contributed by atoms with Crippen LogP contribution in [-0.2, 0) is 37.3 Å². The van der Waals surface area contributed by atoms with Crippen molar-refractivity contribution in [2.75, 3.05) is 13.1 Å². The van der Waals surface area contributed by atoms with Crippen molar-refractivity contribution in [2.24, 2.45) is 0 Å². The van der Waals surface area contributed by atoms with Gasteiger partial charge in [0.15, 0.2) is 0 Å². The van der Waals surface area contributed by atoms with Crippen molar-refractivity contribution in [3.63, 3.8) is 0 Å². The zero-order chi connectivity index (χ0) is 21.1. The van der Waals surface area contributed by atoms with Gasteiger partial charge >= 0.3 is 0 Å². The summed E-state index contributed by atoms with van der Waals surface area (Å²) in [7, 11) is 0. The second kappa shape index (κ2) is 9.14. The molecule has 0 radical (unpaired) electrons. The maximum absolute atomic E-state index is 13.5. The summed E-state index contributed by atoms with van der Waals surface area (Å²) in [4.78, 5) is 35.4. The molecule has 1 amide bonds. The summed E-state index contributed by atoms with van der Waals surface area (Å²) in [6, 6.07) is 3.59. The molecule has 1 aliphatic carbocycles. The maximum atomic E-state index is 13.5.